The minimum absolute atomic E-state index is 0.0288. The van der Waals surface area contributed by atoms with Gasteiger partial charge in [-0.25, -0.2) is 0 Å². The molecule has 0 bridgehead atoms. The Labute approximate surface area is 84.7 Å². The normalized spacial score (nSPS) is 25.9. The summed E-state index contributed by atoms with van der Waals surface area (Å²) in [5.74, 6) is 0.412. The second kappa shape index (κ2) is 3.28. The van der Waals surface area contributed by atoms with Crippen LogP contribution in [0.25, 0.3) is 0 Å². The van der Waals surface area contributed by atoms with Crippen molar-refractivity contribution in [3.63, 3.8) is 0 Å². The Balaban J connectivity index is 2.58. The van der Waals surface area contributed by atoms with Crippen molar-refractivity contribution in [3.8, 4) is 5.75 Å². The average Bonchev–Trinajstić information content (AvgIpc) is 2.18. The molecule has 0 heterocycles. The highest BCUT2D eigenvalue weighted by Crippen LogP contribution is 2.41. The Morgan fingerprint density at radius 2 is 2.29 bits per heavy atom. The third-order valence-electron chi connectivity index (χ3n) is 3.36. The summed E-state index contributed by atoms with van der Waals surface area (Å²) in [6.45, 7) is 2.75. The number of hydrogen-bond donors (Lipinski definition) is 2. The number of rotatable bonds is 1. The molecule has 1 aromatic carbocycles. The van der Waals surface area contributed by atoms with Gasteiger partial charge in [0.15, 0.2) is 0 Å². The molecule has 2 nitrogen and oxygen atoms in total. The molecule has 1 atom stereocenters. The van der Waals surface area contributed by atoms with Crippen LogP contribution in [-0.2, 0) is 11.8 Å². The van der Waals surface area contributed by atoms with Crippen molar-refractivity contribution >= 4 is 0 Å². The SMILES string of the molecule is CC1(CN)CCCc2cccc(O)c21. The summed E-state index contributed by atoms with van der Waals surface area (Å²) in [7, 11) is 0. The lowest BCUT2D eigenvalue weighted by atomic mass is 9.71. The predicted molar refractivity (Wildman–Crippen MR) is 57.5 cm³/mol. The highest BCUT2D eigenvalue weighted by molar-refractivity contribution is 5.46. The first kappa shape index (κ1) is 9.53. The number of aryl methyl sites for hydroxylation is 1. The summed E-state index contributed by atoms with van der Waals surface area (Å²) in [5, 5.41) is 9.87. The first-order chi connectivity index (χ1) is 6.67. The van der Waals surface area contributed by atoms with Crippen LogP contribution in [0.4, 0.5) is 0 Å². The molecule has 0 aromatic heterocycles. The van der Waals surface area contributed by atoms with Crippen LogP contribution in [0.3, 0.4) is 0 Å². The van der Waals surface area contributed by atoms with Crippen molar-refractivity contribution in [2.24, 2.45) is 5.73 Å². The number of aromatic hydroxyl groups is 1. The number of phenolic OH excluding ortho intramolecular Hbond substituents is 1. The maximum atomic E-state index is 9.87. The highest BCUT2D eigenvalue weighted by atomic mass is 16.3. The van der Waals surface area contributed by atoms with E-state index in [9.17, 15) is 5.11 Å². The lowest BCUT2D eigenvalue weighted by Crippen LogP contribution is -2.35. The maximum absolute atomic E-state index is 9.87. The summed E-state index contributed by atoms with van der Waals surface area (Å²) in [4.78, 5) is 0. The number of hydrogen-bond acceptors (Lipinski definition) is 2. The lowest BCUT2D eigenvalue weighted by molar-refractivity contribution is 0.373. The van der Waals surface area contributed by atoms with Crippen molar-refractivity contribution < 1.29 is 5.11 Å². The van der Waals surface area contributed by atoms with Gasteiger partial charge in [-0.2, -0.15) is 0 Å². The molecular weight excluding hydrogens is 174 g/mol. The molecule has 2 rings (SSSR count). The van der Waals surface area contributed by atoms with Crippen LogP contribution < -0.4 is 5.73 Å². The van der Waals surface area contributed by atoms with Gasteiger partial charge in [-0.3, -0.25) is 0 Å². The van der Waals surface area contributed by atoms with Crippen molar-refractivity contribution in [1.82, 2.24) is 0 Å². The molecule has 0 amide bonds. The molecule has 14 heavy (non-hydrogen) atoms. The quantitative estimate of drug-likeness (QED) is 0.712. The highest BCUT2D eigenvalue weighted by Gasteiger charge is 2.32. The summed E-state index contributed by atoms with van der Waals surface area (Å²) in [5.41, 5.74) is 8.13. The van der Waals surface area contributed by atoms with Crippen LogP contribution in [0.2, 0.25) is 0 Å². The Morgan fingerprint density at radius 1 is 1.50 bits per heavy atom. The Bertz CT molecular complexity index is 348. The van der Waals surface area contributed by atoms with E-state index in [-0.39, 0.29) is 5.41 Å². The zero-order chi connectivity index (χ0) is 10.2. The summed E-state index contributed by atoms with van der Waals surface area (Å²) >= 11 is 0. The third kappa shape index (κ3) is 1.30. The first-order valence-electron chi connectivity index (χ1n) is 5.19. The fourth-order valence-corrected chi connectivity index (χ4v) is 2.49. The molecule has 3 N–H and O–H groups in total. The van der Waals surface area contributed by atoms with Gasteiger partial charge in [0.25, 0.3) is 0 Å². The van der Waals surface area contributed by atoms with E-state index in [0.29, 0.717) is 12.3 Å². The van der Waals surface area contributed by atoms with Crippen molar-refractivity contribution in [2.75, 3.05) is 6.54 Å². The van der Waals surface area contributed by atoms with E-state index in [1.54, 1.807) is 6.07 Å². The minimum Gasteiger partial charge on any atom is -0.508 e. The Kier molecular flexibility index (Phi) is 2.23. The number of nitrogens with two attached hydrogens (primary N) is 1. The van der Waals surface area contributed by atoms with E-state index in [1.165, 1.54) is 12.0 Å². The van der Waals surface area contributed by atoms with Crippen LogP contribution in [0.15, 0.2) is 18.2 Å². The topological polar surface area (TPSA) is 46.2 Å². The number of benzene rings is 1. The Morgan fingerprint density at radius 3 is 3.00 bits per heavy atom. The smallest absolute Gasteiger partial charge is 0.119 e. The molecular formula is C12H17NO. The molecule has 1 aliphatic carbocycles. The second-order valence-corrected chi connectivity index (χ2v) is 4.43. The van der Waals surface area contributed by atoms with Crippen molar-refractivity contribution in [2.45, 2.75) is 31.6 Å². The number of fused-ring (bicyclic) bond motifs is 1. The maximum Gasteiger partial charge on any atom is 0.119 e. The largest absolute Gasteiger partial charge is 0.508 e. The van der Waals surface area contributed by atoms with Crippen LogP contribution in [-0.4, -0.2) is 11.7 Å². The second-order valence-electron chi connectivity index (χ2n) is 4.43. The third-order valence-corrected chi connectivity index (χ3v) is 3.36. The van der Waals surface area contributed by atoms with Gasteiger partial charge in [-0.05, 0) is 30.9 Å². The number of phenols is 1. The molecule has 1 aliphatic rings. The van der Waals surface area contributed by atoms with E-state index in [4.69, 9.17) is 5.73 Å². The molecule has 0 fully saturated rings. The molecule has 0 radical (unpaired) electrons. The molecule has 0 spiro atoms. The fourth-order valence-electron chi connectivity index (χ4n) is 2.49. The van der Waals surface area contributed by atoms with Crippen LogP contribution >= 0.6 is 0 Å². The lowest BCUT2D eigenvalue weighted by Gasteiger charge is -2.35. The molecule has 0 aliphatic heterocycles. The first-order valence-corrected chi connectivity index (χ1v) is 5.19. The van der Waals surface area contributed by atoms with Gasteiger partial charge in [0, 0.05) is 17.5 Å². The van der Waals surface area contributed by atoms with E-state index >= 15 is 0 Å². The zero-order valence-electron chi connectivity index (χ0n) is 8.59. The molecule has 0 saturated heterocycles. The van der Waals surface area contributed by atoms with Gasteiger partial charge in [-0.1, -0.05) is 19.1 Å². The summed E-state index contributed by atoms with van der Waals surface area (Å²) < 4.78 is 0. The minimum atomic E-state index is -0.0288. The van der Waals surface area contributed by atoms with E-state index in [2.05, 4.69) is 13.0 Å². The van der Waals surface area contributed by atoms with Crippen molar-refractivity contribution in [1.29, 1.82) is 0 Å². The standard InChI is InChI=1S/C12H17NO/c1-12(8-13)7-3-5-9-4-2-6-10(14)11(9)12/h2,4,6,14H,3,5,7-8,13H2,1H3. The van der Waals surface area contributed by atoms with E-state index in [0.717, 1.165) is 18.4 Å². The van der Waals surface area contributed by atoms with Crippen molar-refractivity contribution in [3.05, 3.63) is 29.3 Å². The fraction of sp³-hybridized carbons (Fsp3) is 0.500. The van der Waals surface area contributed by atoms with Gasteiger partial charge < -0.3 is 10.8 Å². The monoisotopic (exact) mass is 191 g/mol. The summed E-state index contributed by atoms with van der Waals surface area (Å²) in [6.07, 6.45) is 3.32. The molecule has 0 saturated carbocycles. The van der Waals surface area contributed by atoms with Gasteiger partial charge in [0.2, 0.25) is 0 Å². The average molecular weight is 191 g/mol. The van der Waals surface area contributed by atoms with E-state index < -0.39 is 0 Å². The van der Waals surface area contributed by atoms with Gasteiger partial charge in [-0.15, -0.1) is 0 Å². The molecule has 1 aromatic rings. The summed E-state index contributed by atoms with van der Waals surface area (Å²) in [6, 6.07) is 5.77. The molecule has 76 valence electrons. The van der Waals surface area contributed by atoms with Gasteiger partial charge >= 0.3 is 0 Å². The van der Waals surface area contributed by atoms with Crippen LogP contribution in [0, 0.1) is 0 Å². The van der Waals surface area contributed by atoms with Gasteiger partial charge in [0.1, 0.15) is 5.75 Å². The van der Waals surface area contributed by atoms with Gasteiger partial charge in [0.05, 0.1) is 0 Å². The van der Waals surface area contributed by atoms with Crippen LogP contribution in [0.5, 0.6) is 5.75 Å². The van der Waals surface area contributed by atoms with E-state index in [1.807, 2.05) is 6.07 Å². The molecule has 1 unspecified atom stereocenters. The zero-order valence-corrected chi connectivity index (χ0v) is 8.59. The van der Waals surface area contributed by atoms with Crippen LogP contribution in [0.1, 0.15) is 30.9 Å². The molecule has 2 heteroatoms. The Hall–Kier alpha value is -1.02. The predicted octanol–water partition coefficient (Wildman–Crippen LogP) is 1.94.